The first kappa shape index (κ1) is 42.3. The lowest BCUT2D eigenvalue weighted by Gasteiger charge is -2.24. The van der Waals surface area contributed by atoms with Crippen LogP contribution in [0.2, 0.25) is 0 Å². The minimum atomic E-state index is -4.86. The SMILES string of the molecule is CCCCCCCCCCCCCCCCOCCCOP(=O)(N[C@@H](C)C(=O)OCC(C)(C)C)Oc1c(F)c(F)c(F)c(F)c1F. The molecule has 0 spiro atoms. The van der Waals surface area contributed by atoms with Gasteiger partial charge < -0.3 is 14.0 Å². The summed E-state index contributed by atoms with van der Waals surface area (Å²) in [6, 6.07) is -1.38. The Morgan fingerprint density at radius 2 is 1.13 bits per heavy atom. The first-order chi connectivity index (χ1) is 21.7. The maximum Gasteiger partial charge on any atom is 0.459 e. The Kier molecular flexibility index (Phi) is 20.9. The molecular weight excluding hydrogens is 632 g/mol. The standard InChI is InChI=1S/C33H55F5NO6P/c1-6-7-8-9-10-11-12-13-14-15-16-17-18-19-21-42-22-20-23-44-46(41,39-25(2)32(40)43-24-33(3,4)5)45-31-29(37)27(35)26(34)28(36)30(31)38/h25H,6-24H2,1-5H3,(H,39,41)/t25-,46?/m0/s1. The molecule has 0 aromatic heterocycles. The quantitative estimate of drug-likeness (QED) is 0.0259. The number of halogens is 5. The highest BCUT2D eigenvalue weighted by Crippen LogP contribution is 2.47. The van der Waals surface area contributed by atoms with Crippen molar-refractivity contribution < 1.29 is 49.8 Å². The number of carbonyl (C=O) groups is 1. The Labute approximate surface area is 272 Å². The zero-order valence-electron chi connectivity index (χ0n) is 28.3. The summed E-state index contributed by atoms with van der Waals surface area (Å²) in [6.45, 7) is 9.24. The van der Waals surface area contributed by atoms with Crippen molar-refractivity contribution in [3.63, 3.8) is 0 Å². The van der Waals surface area contributed by atoms with E-state index in [1.54, 1.807) is 20.8 Å². The van der Waals surface area contributed by atoms with Gasteiger partial charge in [0.2, 0.25) is 34.8 Å². The number of hydrogen-bond donors (Lipinski definition) is 1. The molecule has 0 fully saturated rings. The number of benzene rings is 1. The highest BCUT2D eigenvalue weighted by atomic mass is 31.2. The predicted octanol–water partition coefficient (Wildman–Crippen LogP) is 10.3. The van der Waals surface area contributed by atoms with Crippen LogP contribution in [0.15, 0.2) is 0 Å². The molecule has 0 aliphatic rings. The Balaban J connectivity index is 2.46. The molecule has 0 bridgehead atoms. The van der Waals surface area contributed by atoms with Crippen LogP contribution in [-0.4, -0.2) is 38.4 Å². The summed E-state index contributed by atoms with van der Waals surface area (Å²) >= 11 is 0. The third kappa shape index (κ3) is 17.4. The monoisotopic (exact) mass is 687 g/mol. The summed E-state index contributed by atoms with van der Waals surface area (Å²) in [7, 11) is -4.86. The van der Waals surface area contributed by atoms with Crippen molar-refractivity contribution in [2.24, 2.45) is 5.41 Å². The summed E-state index contributed by atoms with van der Waals surface area (Å²) in [4.78, 5) is 12.4. The van der Waals surface area contributed by atoms with Gasteiger partial charge in [-0.25, -0.2) is 17.7 Å². The van der Waals surface area contributed by atoms with Crippen LogP contribution in [0.1, 0.15) is 131 Å². The van der Waals surface area contributed by atoms with Crippen molar-refractivity contribution in [1.29, 1.82) is 0 Å². The molecule has 1 aromatic rings. The van der Waals surface area contributed by atoms with Crippen LogP contribution in [0.3, 0.4) is 0 Å². The van der Waals surface area contributed by atoms with Gasteiger partial charge in [-0.05, 0) is 25.2 Å². The summed E-state index contributed by atoms with van der Waals surface area (Å²) in [5.74, 6) is -14.3. The lowest BCUT2D eigenvalue weighted by atomic mass is 9.99. The summed E-state index contributed by atoms with van der Waals surface area (Å²) in [5.41, 5.74) is -0.395. The molecule has 0 aliphatic carbocycles. The molecule has 46 heavy (non-hydrogen) atoms. The Morgan fingerprint density at radius 1 is 0.696 bits per heavy atom. The topological polar surface area (TPSA) is 83.1 Å². The smallest absolute Gasteiger partial charge is 0.459 e. The maximum absolute atomic E-state index is 14.3. The molecule has 0 saturated carbocycles. The van der Waals surface area contributed by atoms with Crippen LogP contribution in [0.5, 0.6) is 5.75 Å². The molecular formula is C33H55F5NO6P. The molecule has 268 valence electrons. The molecule has 2 atom stereocenters. The summed E-state index contributed by atoms with van der Waals surface area (Å²) in [5, 5.41) is 2.17. The molecule has 0 radical (unpaired) electrons. The van der Waals surface area contributed by atoms with Crippen molar-refractivity contribution in [1.82, 2.24) is 5.09 Å². The van der Waals surface area contributed by atoms with Gasteiger partial charge in [-0.15, -0.1) is 0 Å². The fraction of sp³-hybridized carbons (Fsp3) is 0.788. The van der Waals surface area contributed by atoms with Crippen LogP contribution in [0, 0.1) is 34.5 Å². The van der Waals surface area contributed by atoms with Gasteiger partial charge >= 0.3 is 13.7 Å². The highest BCUT2D eigenvalue weighted by Gasteiger charge is 2.37. The first-order valence-electron chi connectivity index (χ1n) is 16.7. The van der Waals surface area contributed by atoms with Crippen molar-refractivity contribution in [2.45, 2.75) is 137 Å². The fourth-order valence-electron chi connectivity index (χ4n) is 4.42. The second kappa shape index (κ2) is 22.8. The molecule has 13 heteroatoms. The predicted molar refractivity (Wildman–Crippen MR) is 169 cm³/mol. The van der Waals surface area contributed by atoms with E-state index in [1.165, 1.54) is 77.6 Å². The average molecular weight is 688 g/mol. The van der Waals surface area contributed by atoms with Gasteiger partial charge in [-0.3, -0.25) is 9.32 Å². The van der Waals surface area contributed by atoms with Crippen molar-refractivity contribution in [2.75, 3.05) is 26.4 Å². The molecule has 1 N–H and O–H groups in total. The molecule has 0 heterocycles. The Bertz CT molecular complexity index is 1040. The van der Waals surface area contributed by atoms with E-state index in [1.807, 2.05) is 0 Å². The van der Waals surface area contributed by atoms with E-state index in [0.29, 0.717) is 6.61 Å². The van der Waals surface area contributed by atoms with E-state index in [-0.39, 0.29) is 26.2 Å². The Morgan fingerprint density at radius 3 is 1.61 bits per heavy atom. The first-order valence-corrected chi connectivity index (χ1v) is 18.2. The zero-order valence-corrected chi connectivity index (χ0v) is 29.2. The van der Waals surface area contributed by atoms with E-state index in [4.69, 9.17) is 18.5 Å². The van der Waals surface area contributed by atoms with Gasteiger partial charge in [0.25, 0.3) is 0 Å². The summed E-state index contributed by atoms with van der Waals surface area (Å²) < 4.78 is 104. The average Bonchev–Trinajstić information content (AvgIpc) is 3.00. The van der Waals surface area contributed by atoms with E-state index in [9.17, 15) is 31.3 Å². The molecule has 7 nitrogen and oxygen atoms in total. The molecule has 0 aliphatic heterocycles. The van der Waals surface area contributed by atoms with Crippen LogP contribution >= 0.6 is 7.75 Å². The van der Waals surface area contributed by atoms with Gasteiger partial charge in [0.15, 0.2) is 0 Å². The second-order valence-electron chi connectivity index (χ2n) is 12.9. The highest BCUT2D eigenvalue weighted by molar-refractivity contribution is 7.52. The van der Waals surface area contributed by atoms with E-state index in [0.717, 1.165) is 19.3 Å². The van der Waals surface area contributed by atoms with E-state index in [2.05, 4.69) is 12.0 Å². The number of carbonyl (C=O) groups excluding carboxylic acids is 1. The molecule has 1 aromatic carbocycles. The lowest BCUT2D eigenvalue weighted by molar-refractivity contribution is -0.148. The van der Waals surface area contributed by atoms with E-state index < -0.39 is 60.0 Å². The van der Waals surface area contributed by atoms with Gasteiger partial charge in [0.1, 0.15) is 6.04 Å². The van der Waals surface area contributed by atoms with Gasteiger partial charge in [-0.2, -0.15) is 13.9 Å². The zero-order chi connectivity index (χ0) is 34.6. The molecule has 0 saturated heterocycles. The van der Waals surface area contributed by atoms with Crippen LogP contribution in [0.4, 0.5) is 22.0 Å². The van der Waals surface area contributed by atoms with Crippen molar-refractivity contribution in [3.8, 4) is 5.75 Å². The van der Waals surface area contributed by atoms with Crippen molar-refractivity contribution in [3.05, 3.63) is 29.1 Å². The summed E-state index contributed by atoms with van der Waals surface area (Å²) in [6.07, 6.45) is 17.6. The molecule has 1 unspecified atom stereocenters. The molecule has 0 amide bonds. The number of esters is 1. The number of ether oxygens (including phenoxy) is 2. The van der Waals surface area contributed by atoms with Crippen LogP contribution in [-0.2, 0) is 23.4 Å². The molecule has 1 rings (SSSR count). The number of unbranched alkanes of at least 4 members (excludes halogenated alkanes) is 13. The van der Waals surface area contributed by atoms with Gasteiger partial charge in [0.05, 0.1) is 13.2 Å². The van der Waals surface area contributed by atoms with E-state index >= 15 is 0 Å². The lowest BCUT2D eigenvalue weighted by Crippen LogP contribution is -2.36. The fourth-order valence-corrected chi connectivity index (χ4v) is 5.95. The largest absolute Gasteiger partial charge is 0.464 e. The minimum absolute atomic E-state index is 0.00183. The van der Waals surface area contributed by atoms with Crippen LogP contribution in [0.25, 0.3) is 0 Å². The number of hydrogen-bond acceptors (Lipinski definition) is 6. The van der Waals surface area contributed by atoms with Gasteiger partial charge in [0, 0.05) is 13.2 Å². The van der Waals surface area contributed by atoms with Crippen LogP contribution < -0.4 is 9.61 Å². The Hall–Kier alpha value is -1.75. The van der Waals surface area contributed by atoms with Crippen molar-refractivity contribution >= 4 is 13.7 Å². The van der Waals surface area contributed by atoms with Gasteiger partial charge in [-0.1, -0.05) is 111 Å². The number of rotatable bonds is 26. The minimum Gasteiger partial charge on any atom is -0.464 e. The number of nitrogens with one attached hydrogen (secondary N) is 1. The third-order valence-electron chi connectivity index (χ3n) is 7.07. The second-order valence-corrected chi connectivity index (χ2v) is 14.6. The normalized spacial score (nSPS) is 13.9. The maximum atomic E-state index is 14.3. The third-order valence-corrected chi connectivity index (χ3v) is 8.72.